The van der Waals surface area contributed by atoms with E-state index in [4.69, 9.17) is 22.1 Å². The van der Waals surface area contributed by atoms with Gasteiger partial charge in [-0.3, -0.25) is 4.90 Å². The van der Waals surface area contributed by atoms with Crippen LogP contribution in [0.25, 0.3) is 0 Å². The van der Waals surface area contributed by atoms with Gasteiger partial charge < -0.3 is 10.5 Å². The summed E-state index contributed by atoms with van der Waals surface area (Å²) < 4.78 is 5.15. The van der Waals surface area contributed by atoms with E-state index >= 15 is 0 Å². The van der Waals surface area contributed by atoms with Gasteiger partial charge in [0.2, 0.25) is 0 Å². The highest BCUT2D eigenvalue weighted by Crippen LogP contribution is 2.20. The van der Waals surface area contributed by atoms with Gasteiger partial charge in [-0.05, 0) is 23.6 Å². The van der Waals surface area contributed by atoms with Crippen LogP contribution >= 0.6 is 11.6 Å². The summed E-state index contributed by atoms with van der Waals surface area (Å²) in [5, 5.41) is 0.628. The first kappa shape index (κ1) is 15.3. The normalized spacial score (nSPS) is 11.4. The van der Waals surface area contributed by atoms with Gasteiger partial charge in [0.15, 0.2) is 0 Å². The Morgan fingerprint density at radius 2 is 2.11 bits per heavy atom. The minimum absolute atomic E-state index is 0.628. The van der Waals surface area contributed by atoms with E-state index in [1.165, 1.54) is 5.56 Å². The van der Waals surface area contributed by atoms with Crippen molar-refractivity contribution in [1.82, 2.24) is 4.90 Å². The number of ether oxygens (including phenoxy) is 1. The van der Waals surface area contributed by atoms with Crippen molar-refractivity contribution in [2.45, 2.75) is 20.4 Å². The fraction of sp³-hybridized carbons (Fsp3) is 0.571. The van der Waals surface area contributed by atoms with Crippen LogP contribution in [0.5, 0.6) is 0 Å². The summed E-state index contributed by atoms with van der Waals surface area (Å²) in [5.74, 6) is 0.631. The van der Waals surface area contributed by atoms with Crippen molar-refractivity contribution < 1.29 is 4.74 Å². The smallest absolute Gasteiger partial charge is 0.0638 e. The molecule has 0 bridgehead atoms. The van der Waals surface area contributed by atoms with Gasteiger partial charge in [-0.15, -0.1) is 0 Å². The second-order valence-corrected chi connectivity index (χ2v) is 5.38. The Kier molecular flexibility index (Phi) is 6.47. The Hall–Kier alpha value is -0.770. The van der Waals surface area contributed by atoms with E-state index in [1.54, 1.807) is 7.11 Å². The summed E-state index contributed by atoms with van der Waals surface area (Å²) in [6.45, 7) is 8.03. The molecule has 0 amide bonds. The monoisotopic (exact) mass is 270 g/mol. The zero-order valence-electron chi connectivity index (χ0n) is 11.4. The van der Waals surface area contributed by atoms with Crippen LogP contribution in [-0.2, 0) is 11.3 Å². The number of hydrogen-bond donors (Lipinski definition) is 1. The molecule has 0 fully saturated rings. The van der Waals surface area contributed by atoms with Crippen LogP contribution in [0, 0.1) is 5.92 Å². The van der Waals surface area contributed by atoms with Crippen LogP contribution in [0.15, 0.2) is 18.2 Å². The maximum atomic E-state index is 6.04. The second kappa shape index (κ2) is 7.62. The quantitative estimate of drug-likeness (QED) is 0.774. The molecule has 0 atom stereocenters. The number of anilines is 1. The van der Waals surface area contributed by atoms with E-state index in [9.17, 15) is 0 Å². The van der Waals surface area contributed by atoms with Gasteiger partial charge in [-0.25, -0.2) is 0 Å². The molecule has 0 saturated heterocycles. The van der Waals surface area contributed by atoms with E-state index in [1.807, 2.05) is 18.2 Å². The minimum Gasteiger partial charge on any atom is -0.398 e. The average Bonchev–Trinajstić information content (AvgIpc) is 2.30. The van der Waals surface area contributed by atoms with E-state index < -0.39 is 0 Å². The van der Waals surface area contributed by atoms with E-state index in [-0.39, 0.29) is 0 Å². The second-order valence-electron chi connectivity index (χ2n) is 4.98. The molecule has 0 saturated carbocycles. The Morgan fingerprint density at radius 1 is 1.39 bits per heavy atom. The average molecular weight is 271 g/mol. The minimum atomic E-state index is 0.628. The van der Waals surface area contributed by atoms with Crippen molar-refractivity contribution in [2.75, 3.05) is 32.5 Å². The molecule has 0 spiro atoms. The molecule has 18 heavy (non-hydrogen) atoms. The van der Waals surface area contributed by atoms with Gasteiger partial charge in [0.1, 0.15) is 0 Å². The molecule has 0 aliphatic carbocycles. The van der Waals surface area contributed by atoms with Crippen molar-refractivity contribution >= 4 is 17.3 Å². The van der Waals surface area contributed by atoms with E-state index in [0.29, 0.717) is 16.6 Å². The van der Waals surface area contributed by atoms with Crippen LogP contribution in [0.4, 0.5) is 5.69 Å². The molecule has 4 heteroatoms. The number of rotatable bonds is 7. The third-order valence-electron chi connectivity index (χ3n) is 2.71. The molecule has 1 aromatic carbocycles. The number of nitrogens with two attached hydrogens (primary N) is 1. The van der Waals surface area contributed by atoms with Crippen molar-refractivity contribution in [3.8, 4) is 0 Å². The molecule has 0 aromatic heterocycles. The molecule has 102 valence electrons. The van der Waals surface area contributed by atoms with Crippen LogP contribution in [0.1, 0.15) is 19.4 Å². The summed E-state index contributed by atoms with van der Waals surface area (Å²) in [6.07, 6.45) is 0. The number of benzene rings is 1. The maximum Gasteiger partial charge on any atom is 0.0638 e. The van der Waals surface area contributed by atoms with Crippen LogP contribution in [0.2, 0.25) is 5.02 Å². The molecular formula is C14H23ClN2O. The molecular weight excluding hydrogens is 248 g/mol. The first-order valence-corrected chi connectivity index (χ1v) is 6.66. The summed E-state index contributed by atoms with van der Waals surface area (Å²) in [6, 6.07) is 5.83. The number of hydrogen-bond acceptors (Lipinski definition) is 3. The molecule has 0 aliphatic rings. The Labute approximate surface area is 115 Å². The van der Waals surface area contributed by atoms with Gasteiger partial charge in [0.05, 0.1) is 17.3 Å². The van der Waals surface area contributed by atoms with Crippen LogP contribution < -0.4 is 5.73 Å². The zero-order chi connectivity index (χ0) is 13.5. The molecule has 0 aliphatic heterocycles. The molecule has 0 radical (unpaired) electrons. The third-order valence-corrected chi connectivity index (χ3v) is 3.03. The Balaban J connectivity index is 2.65. The van der Waals surface area contributed by atoms with Gasteiger partial charge in [0.25, 0.3) is 0 Å². The Bertz CT molecular complexity index is 369. The lowest BCUT2D eigenvalue weighted by molar-refractivity contribution is 0.136. The predicted octanol–water partition coefficient (Wildman–Crippen LogP) is 3.03. The van der Waals surface area contributed by atoms with Crippen LogP contribution in [-0.4, -0.2) is 31.7 Å². The largest absolute Gasteiger partial charge is 0.398 e. The lowest BCUT2D eigenvalue weighted by atomic mass is 10.1. The molecule has 3 nitrogen and oxygen atoms in total. The highest BCUT2D eigenvalue weighted by molar-refractivity contribution is 6.33. The van der Waals surface area contributed by atoms with Gasteiger partial charge in [-0.2, -0.15) is 0 Å². The molecule has 2 N–H and O–H groups in total. The summed E-state index contributed by atoms with van der Waals surface area (Å²) in [7, 11) is 1.73. The first-order chi connectivity index (χ1) is 8.52. The number of halogens is 1. The van der Waals surface area contributed by atoms with Gasteiger partial charge in [-0.1, -0.05) is 31.5 Å². The third kappa shape index (κ3) is 5.25. The summed E-state index contributed by atoms with van der Waals surface area (Å²) in [4.78, 5) is 2.37. The lowest BCUT2D eigenvalue weighted by Crippen LogP contribution is -2.30. The van der Waals surface area contributed by atoms with Crippen molar-refractivity contribution in [2.24, 2.45) is 5.92 Å². The highest BCUT2D eigenvalue weighted by Gasteiger charge is 2.09. The molecule has 0 heterocycles. The highest BCUT2D eigenvalue weighted by atomic mass is 35.5. The summed E-state index contributed by atoms with van der Waals surface area (Å²) in [5.41, 5.74) is 7.53. The first-order valence-electron chi connectivity index (χ1n) is 6.28. The lowest BCUT2D eigenvalue weighted by Gasteiger charge is -2.24. The van der Waals surface area contributed by atoms with E-state index in [2.05, 4.69) is 18.7 Å². The zero-order valence-corrected chi connectivity index (χ0v) is 12.2. The molecule has 1 rings (SSSR count). The standard InChI is InChI=1S/C14H23ClN2O/c1-11(2)9-17(6-7-18-3)10-12-4-5-14(16)13(15)8-12/h4-5,8,11H,6-7,9-10,16H2,1-3H3. The fourth-order valence-corrected chi connectivity index (χ4v) is 2.10. The van der Waals surface area contributed by atoms with Crippen molar-refractivity contribution in [1.29, 1.82) is 0 Å². The SMILES string of the molecule is COCCN(Cc1ccc(N)c(Cl)c1)CC(C)C. The number of methoxy groups -OCH3 is 1. The van der Waals surface area contributed by atoms with Gasteiger partial charge in [0, 0.05) is 26.7 Å². The number of nitrogen functional groups attached to an aromatic ring is 1. The summed E-state index contributed by atoms with van der Waals surface area (Å²) >= 11 is 6.04. The molecule has 1 aromatic rings. The number of nitrogens with zero attached hydrogens (tertiary/aromatic N) is 1. The Morgan fingerprint density at radius 3 is 2.67 bits per heavy atom. The van der Waals surface area contributed by atoms with Crippen LogP contribution in [0.3, 0.4) is 0 Å². The van der Waals surface area contributed by atoms with Crippen molar-refractivity contribution in [3.63, 3.8) is 0 Å². The van der Waals surface area contributed by atoms with Crippen molar-refractivity contribution in [3.05, 3.63) is 28.8 Å². The fourth-order valence-electron chi connectivity index (χ4n) is 1.90. The van der Waals surface area contributed by atoms with Gasteiger partial charge >= 0.3 is 0 Å². The van der Waals surface area contributed by atoms with E-state index in [0.717, 1.165) is 26.2 Å². The molecule has 0 unspecified atom stereocenters. The topological polar surface area (TPSA) is 38.5 Å². The maximum absolute atomic E-state index is 6.04. The predicted molar refractivity (Wildman–Crippen MR) is 77.9 cm³/mol.